The lowest BCUT2D eigenvalue weighted by Gasteiger charge is -2.12. The Bertz CT molecular complexity index is 1150. The first-order chi connectivity index (χ1) is 14.0. The Balaban J connectivity index is 1.83. The minimum atomic E-state index is -0.888. The minimum absolute atomic E-state index is 0.167. The van der Waals surface area contributed by atoms with Gasteiger partial charge in [-0.2, -0.15) is 0 Å². The summed E-state index contributed by atoms with van der Waals surface area (Å²) in [5.74, 6) is -0.860. The van der Waals surface area contributed by atoms with Crippen LogP contribution in [0.25, 0.3) is 22.0 Å². The molecule has 0 bridgehead atoms. The molecule has 1 atom stereocenters. The third kappa shape index (κ3) is 3.41. The molecule has 0 saturated carbocycles. The standard InChI is InChI=1S/C22H21N3O4/c1-25-11-17(16-7-2-3-8-18(16)25)20-19(21(28)24-22(20)29)13-5-4-6-14(9-13)23-10-15(27)12-26/h2-9,11,15,23,26-27H,10,12H2,1H3,(H,24,28,29). The average Bonchev–Trinajstić information content (AvgIpc) is 3.21. The van der Waals surface area contributed by atoms with Gasteiger partial charge in [0.05, 0.1) is 23.9 Å². The molecule has 1 aromatic heterocycles. The van der Waals surface area contributed by atoms with Crippen molar-refractivity contribution >= 4 is 39.6 Å². The molecule has 7 heteroatoms. The van der Waals surface area contributed by atoms with Crippen LogP contribution in [0, 0.1) is 0 Å². The fourth-order valence-corrected chi connectivity index (χ4v) is 3.61. The fourth-order valence-electron chi connectivity index (χ4n) is 3.61. The van der Waals surface area contributed by atoms with Gasteiger partial charge >= 0.3 is 0 Å². The Morgan fingerprint density at radius 2 is 1.83 bits per heavy atom. The highest BCUT2D eigenvalue weighted by Gasteiger charge is 2.33. The lowest BCUT2D eigenvalue weighted by molar-refractivity contribution is -0.122. The maximum Gasteiger partial charge on any atom is 0.259 e. The Hall–Kier alpha value is -3.42. The largest absolute Gasteiger partial charge is 0.394 e. The number of hydrogen-bond acceptors (Lipinski definition) is 5. The van der Waals surface area contributed by atoms with E-state index < -0.39 is 17.9 Å². The van der Waals surface area contributed by atoms with Gasteiger partial charge in [-0.3, -0.25) is 14.9 Å². The van der Waals surface area contributed by atoms with Crippen LogP contribution in [-0.2, 0) is 16.6 Å². The minimum Gasteiger partial charge on any atom is -0.394 e. The molecule has 29 heavy (non-hydrogen) atoms. The van der Waals surface area contributed by atoms with E-state index in [0.717, 1.165) is 10.9 Å². The first kappa shape index (κ1) is 18.9. The number of anilines is 1. The molecule has 2 heterocycles. The van der Waals surface area contributed by atoms with Gasteiger partial charge in [-0.15, -0.1) is 0 Å². The van der Waals surface area contributed by atoms with Crippen molar-refractivity contribution in [3.05, 3.63) is 65.9 Å². The Morgan fingerprint density at radius 3 is 2.62 bits per heavy atom. The highest BCUT2D eigenvalue weighted by Crippen LogP contribution is 2.36. The number of aryl methyl sites for hydroxylation is 1. The second-order valence-electron chi connectivity index (χ2n) is 7.00. The number of aliphatic hydroxyl groups excluding tert-OH is 2. The molecule has 0 saturated heterocycles. The number of carbonyl (C=O) groups excluding carboxylic acids is 2. The number of fused-ring (bicyclic) bond motifs is 1. The predicted molar refractivity (Wildman–Crippen MR) is 111 cm³/mol. The molecule has 1 aliphatic rings. The molecule has 148 valence electrons. The number of rotatable bonds is 6. The number of nitrogens with zero attached hydrogens (tertiary/aromatic N) is 1. The maximum atomic E-state index is 12.7. The molecular weight excluding hydrogens is 370 g/mol. The van der Waals surface area contributed by atoms with Gasteiger partial charge in [0, 0.05) is 41.9 Å². The zero-order chi connectivity index (χ0) is 20.5. The van der Waals surface area contributed by atoms with Crippen LogP contribution < -0.4 is 10.6 Å². The van der Waals surface area contributed by atoms with E-state index in [1.807, 2.05) is 42.1 Å². The Morgan fingerprint density at radius 1 is 1.07 bits per heavy atom. The number of amides is 2. The van der Waals surface area contributed by atoms with Gasteiger partial charge in [0.15, 0.2) is 0 Å². The number of hydrogen-bond donors (Lipinski definition) is 4. The summed E-state index contributed by atoms with van der Waals surface area (Å²) < 4.78 is 1.93. The molecule has 0 aliphatic carbocycles. The SMILES string of the molecule is Cn1cc(C2=C(c3cccc(NCC(O)CO)c3)C(=O)NC2=O)c2ccccc21. The summed E-state index contributed by atoms with van der Waals surface area (Å²) in [5, 5.41) is 24.8. The molecule has 7 nitrogen and oxygen atoms in total. The topological polar surface area (TPSA) is 104 Å². The lowest BCUT2D eigenvalue weighted by atomic mass is 9.95. The number of imide groups is 1. The van der Waals surface area contributed by atoms with E-state index in [9.17, 15) is 14.7 Å². The van der Waals surface area contributed by atoms with E-state index in [4.69, 9.17) is 5.11 Å². The van der Waals surface area contributed by atoms with Crippen LogP contribution >= 0.6 is 0 Å². The van der Waals surface area contributed by atoms with Crippen LogP contribution in [0.5, 0.6) is 0 Å². The lowest BCUT2D eigenvalue weighted by Crippen LogP contribution is -2.23. The van der Waals surface area contributed by atoms with Gasteiger partial charge in [-0.1, -0.05) is 30.3 Å². The predicted octanol–water partition coefficient (Wildman–Crippen LogP) is 1.51. The first-order valence-corrected chi connectivity index (χ1v) is 9.27. The molecule has 2 amide bonds. The van der Waals surface area contributed by atoms with Crippen LogP contribution in [0.15, 0.2) is 54.7 Å². The van der Waals surface area contributed by atoms with E-state index in [0.29, 0.717) is 28.0 Å². The summed E-state index contributed by atoms with van der Waals surface area (Å²) in [6.07, 6.45) is 0.971. The fraction of sp³-hybridized carbons (Fsp3) is 0.182. The van der Waals surface area contributed by atoms with E-state index in [2.05, 4.69) is 10.6 Å². The molecule has 2 aromatic carbocycles. The highest BCUT2D eigenvalue weighted by molar-refractivity contribution is 6.50. The van der Waals surface area contributed by atoms with Crippen molar-refractivity contribution in [1.29, 1.82) is 0 Å². The summed E-state index contributed by atoms with van der Waals surface area (Å²) in [5.41, 5.74) is 3.61. The van der Waals surface area contributed by atoms with Gasteiger partial charge < -0.3 is 20.1 Å². The van der Waals surface area contributed by atoms with Gasteiger partial charge in [-0.25, -0.2) is 0 Å². The highest BCUT2D eigenvalue weighted by atomic mass is 16.3. The molecule has 0 spiro atoms. The van der Waals surface area contributed by atoms with E-state index >= 15 is 0 Å². The van der Waals surface area contributed by atoms with Crippen molar-refractivity contribution in [2.24, 2.45) is 7.05 Å². The zero-order valence-corrected chi connectivity index (χ0v) is 15.8. The summed E-state index contributed by atoms with van der Waals surface area (Å²) in [4.78, 5) is 25.3. The van der Waals surface area contributed by atoms with Crippen molar-refractivity contribution < 1.29 is 19.8 Å². The van der Waals surface area contributed by atoms with Gasteiger partial charge in [0.25, 0.3) is 11.8 Å². The quantitative estimate of drug-likeness (QED) is 0.477. The zero-order valence-electron chi connectivity index (χ0n) is 15.8. The molecule has 4 N–H and O–H groups in total. The summed E-state index contributed by atoms with van der Waals surface area (Å²) in [6, 6.07) is 14.8. The number of nitrogens with one attached hydrogen (secondary N) is 2. The number of aromatic nitrogens is 1. The maximum absolute atomic E-state index is 12.7. The van der Waals surface area contributed by atoms with Crippen molar-refractivity contribution in [3.63, 3.8) is 0 Å². The number of para-hydroxylation sites is 1. The molecule has 1 unspecified atom stereocenters. The average molecular weight is 391 g/mol. The molecule has 3 aromatic rings. The molecule has 1 aliphatic heterocycles. The first-order valence-electron chi connectivity index (χ1n) is 9.27. The van der Waals surface area contributed by atoms with Crippen LogP contribution in [0.1, 0.15) is 11.1 Å². The van der Waals surface area contributed by atoms with Crippen molar-refractivity contribution in [3.8, 4) is 0 Å². The Kier molecular flexibility index (Phi) is 4.92. The normalized spacial score (nSPS) is 15.1. The molecule has 0 fully saturated rings. The third-order valence-electron chi connectivity index (χ3n) is 5.00. The molecule has 0 radical (unpaired) electrons. The monoisotopic (exact) mass is 391 g/mol. The van der Waals surface area contributed by atoms with Gasteiger partial charge in [-0.05, 0) is 23.8 Å². The van der Waals surface area contributed by atoms with Crippen LogP contribution in [-0.4, -0.2) is 45.9 Å². The van der Waals surface area contributed by atoms with Crippen molar-refractivity contribution in [2.45, 2.75) is 6.10 Å². The second-order valence-corrected chi connectivity index (χ2v) is 7.00. The summed E-state index contributed by atoms with van der Waals surface area (Å²) in [7, 11) is 1.90. The number of aliphatic hydroxyl groups is 2. The number of benzene rings is 2. The molecule has 4 rings (SSSR count). The summed E-state index contributed by atoms with van der Waals surface area (Å²) in [6.45, 7) is -0.180. The Labute approximate surface area is 167 Å². The van der Waals surface area contributed by atoms with E-state index in [1.54, 1.807) is 24.3 Å². The van der Waals surface area contributed by atoms with Crippen molar-refractivity contribution in [2.75, 3.05) is 18.5 Å². The van der Waals surface area contributed by atoms with Gasteiger partial charge in [0.1, 0.15) is 0 Å². The van der Waals surface area contributed by atoms with Gasteiger partial charge in [0.2, 0.25) is 0 Å². The third-order valence-corrected chi connectivity index (χ3v) is 5.00. The van der Waals surface area contributed by atoms with Crippen LogP contribution in [0.2, 0.25) is 0 Å². The molecular formula is C22H21N3O4. The van der Waals surface area contributed by atoms with E-state index in [1.165, 1.54) is 0 Å². The van der Waals surface area contributed by atoms with E-state index in [-0.39, 0.29) is 13.2 Å². The summed E-state index contributed by atoms with van der Waals surface area (Å²) >= 11 is 0. The van der Waals surface area contributed by atoms with Crippen LogP contribution in [0.3, 0.4) is 0 Å². The number of carbonyl (C=O) groups is 2. The smallest absolute Gasteiger partial charge is 0.259 e. The van der Waals surface area contributed by atoms with Crippen LogP contribution in [0.4, 0.5) is 5.69 Å². The van der Waals surface area contributed by atoms with Crippen molar-refractivity contribution in [1.82, 2.24) is 9.88 Å². The second kappa shape index (κ2) is 7.54.